The maximum atomic E-state index is 11.2. The molecule has 0 saturated heterocycles. The highest BCUT2D eigenvalue weighted by Gasteiger charge is 2.02. The van der Waals surface area contributed by atoms with Gasteiger partial charge in [-0.05, 0) is 17.9 Å². The third-order valence-corrected chi connectivity index (χ3v) is 2.82. The molecule has 0 atom stereocenters. The lowest BCUT2D eigenvalue weighted by atomic mass is 10.1. The predicted octanol–water partition coefficient (Wildman–Crippen LogP) is 3.35. The normalized spacial score (nSPS) is 10.2. The van der Waals surface area contributed by atoms with Crippen molar-refractivity contribution in [1.82, 2.24) is 5.32 Å². The Morgan fingerprint density at radius 2 is 1.90 bits per heavy atom. The summed E-state index contributed by atoms with van der Waals surface area (Å²) in [5.41, 5.74) is 0. The third kappa shape index (κ3) is 3.88. The standard InChI is InChI=1S/C16H19NO3/c1-2-11-20-16(18)17-10-12-19-15-9-5-7-13-6-3-4-8-14(13)15/h3-9H,2,10-12H2,1H3,(H,17,18). The maximum absolute atomic E-state index is 11.2. The van der Waals surface area contributed by atoms with Crippen LogP contribution in [0.2, 0.25) is 0 Å². The molecular weight excluding hydrogens is 254 g/mol. The van der Waals surface area contributed by atoms with E-state index in [1.807, 2.05) is 49.4 Å². The number of benzene rings is 2. The fourth-order valence-electron chi connectivity index (χ4n) is 1.88. The average Bonchev–Trinajstić information content (AvgIpc) is 2.49. The first-order valence-electron chi connectivity index (χ1n) is 6.82. The van der Waals surface area contributed by atoms with Crippen molar-refractivity contribution in [2.24, 2.45) is 0 Å². The number of hydrogen-bond donors (Lipinski definition) is 1. The van der Waals surface area contributed by atoms with Gasteiger partial charge in [0.15, 0.2) is 0 Å². The van der Waals surface area contributed by atoms with Gasteiger partial charge in [-0.1, -0.05) is 43.3 Å². The Labute approximate surface area is 118 Å². The summed E-state index contributed by atoms with van der Waals surface area (Å²) in [5.74, 6) is 0.826. The number of amides is 1. The Balaban J connectivity index is 1.83. The summed E-state index contributed by atoms with van der Waals surface area (Å²) >= 11 is 0. The van der Waals surface area contributed by atoms with Gasteiger partial charge in [-0.15, -0.1) is 0 Å². The van der Waals surface area contributed by atoms with Gasteiger partial charge < -0.3 is 14.8 Å². The van der Waals surface area contributed by atoms with Crippen molar-refractivity contribution in [3.8, 4) is 5.75 Å². The molecule has 0 bridgehead atoms. The number of carbonyl (C=O) groups excluding carboxylic acids is 1. The van der Waals surface area contributed by atoms with Gasteiger partial charge in [0, 0.05) is 5.39 Å². The van der Waals surface area contributed by atoms with Crippen LogP contribution < -0.4 is 10.1 Å². The molecule has 2 aromatic rings. The van der Waals surface area contributed by atoms with E-state index in [2.05, 4.69) is 5.32 Å². The highest BCUT2D eigenvalue weighted by molar-refractivity contribution is 5.88. The van der Waals surface area contributed by atoms with Crippen molar-refractivity contribution < 1.29 is 14.3 Å². The number of alkyl carbamates (subject to hydrolysis) is 1. The first-order valence-corrected chi connectivity index (χ1v) is 6.82. The Hall–Kier alpha value is -2.23. The van der Waals surface area contributed by atoms with E-state index in [1.165, 1.54) is 0 Å². The van der Waals surface area contributed by atoms with E-state index in [0.29, 0.717) is 19.8 Å². The molecule has 0 spiro atoms. The molecule has 0 aromatic heterocycles. The van der Waals surface area contributed by atoms with E-state index in [9.17, 15) is 4.79 Å². The molecule has 0 heterocycles. The largest absolute Gasteiger partial charge is 0.491 e. The van der Waals surface area contributed by atoms with Gasteiger partial charge >= 0.3 is 6.09 Å². The van der Waals surface area contributed by atoms with Gasteiger partial charge in [0.25, 0.3) is 0 Å². The highest BCUT2D eigenvalue weighted by atomic mass is 16.5. The van der Waals surface area contributed by atoms with E-state index >= 15 is 0 Å². The molecule has 1 amide bonds. The van der Waals surface area contributed by atoms with Crippen molar-refractivity contribution in [3.05, 3.63) is 42.5 Å². The summed E-state index contributed by atoms with van der Waals surface area (Å²) in [6.07, 6.45) is 0.424. The van der Waals surface area contributed by atoms with Crippen LogP contribution in [-0.4, -0.2) is 25.9 Å². The smallest absolute Gasteiger partial charge is 0.407 e. The zero-order chi connectivity index (χ0) is 14.2. The van der Waals surface area contributed by atoms with Crippen LogP contribution in [0.25, 0.3) is 10.8 Å². The molecule has 0 unspecified atom stereocenters. The van der Waals surface area contributed by atoms with Crippen LogP contribution in [0.3, 0.4) is 0 Å². The molecule has 0 radical (unpaired) electrons. The first-order chi connectivity index (χ1) is 9.81. The molecule has 2 aromatic carbocycles. The second-order valence-electron chi connectivity index (χ2n) is 4.39. The van der Waals surface area contributed by atoms with E-state index in [4.69, 9.17) is 9.47 Å². The second kappa shape index (κ2) is 7.38. The molecule has 0 fully saturated rings. The molecule has 106 valence electrons. The Morgan fingerprint density at radius 1 is 1.10 bits per heavy atom. The second-order valence-corrected chi connectivity index (χ2v) is 4.39. The number of fused-ring (bicyclic) bond motifs is 1. The van der Waals surface area contributed by atoms with Crippen LogP contribution in [0.4, 0.5) is 4.79 Å². The monoisotopic (exact) mass is 273 g/mol. The van der Waals surface area contributed by atoms with E-state index in [1.54, 1.807) is 0 Å². The number of rotatable bonds is 6. The molecule has 0 aliphatic heterocycles. The summed E-state index contributed by atoms with van der Waals surface area (Å²) in [6.45, 7) is 3.23. The summed E-state index contributed by atoms with van der Waals surface area (Å²) < 4.78 is 10.6. The van der Waals surface area contributed by atoms with Gasteiger partial charge in [-0.2, -0.15) is 0 Å². The van der Waals surface area contributed by atoms with Crippen molar-refractivity contribution >= 4 is 16.9 Å². The van der Waals surface area contributed by atoms with Gasteiger partial charge in [0.1, 0.15) is 12.4 Å². The number of hydrogen-bond acceptors (Lipinski definition) is 3. The molecule has 0 aliphatic carbocycles. The van der Waals surface area contributed by atoms with Gasteiger partial charge in [-0.3, -0.25) is 0 Å². The Kier molecular flexibility index (Phi) is 5.24. The minimum absolute atomic E-state index is 0.395. The van der Waals surface area contributed by atoms with E-state index in [0.717, 1.165) is 22.9 Å². The summed E-state index contributed by atoms with van der Waals surface area (Å²) in [5, 5.41) is 4.86. The molecule has 0 aliphatic rings. The number of carbonyl (C=O) groups is 1. The topological polar surface area (TPSA) is 47.6 Å². The minimum Gasteiger partial charge on any atom is -0.491 e. The Bertz CT molecular complexity index is 563. The van der Waals surface area contributed by atoms with Crippen molar-refractivity contribution in [3.63, 3.8) is 0 Å². The van der Waals surface area contributed by atoms with Gasteiger partial charge in [0.05, 0.1) is 13.2 Å². The van der Waals surface area contributed by atoms with Crippen LogP contribution in [0.5, 0.6) is 5.75 Å². The van der Waals surface area contributed by atoms with Crippen molar-refractivity contribution in [2.45, 2.75) is 13.3 Å². The van der Waals surface area contributed by atoms with Crippen LogP contribution in [-0.2, 0) is 4.74 Å². The molecule has 1 N–H and O–H groups in total. The van der Waals surface area contributed by atoms with Crippen LogP contribution in [0.15, 0.2) is 42.5 Å². The van der Waals surface area contributed by atoms with Crippen molar-refractivity contribution in [1.29, 1.82) is 0 Å². The van der Waals surface area contributed by atoms with Crippen LogP contribution in [0, 0.1) is 0 Å². The van der Waals surface area contributed by atoms with Crippen molar-refractivity contribution in [2.75, 3.05) is 19.8 Å². The fraction of sp³-hybridized carbons (Fsp3) is 0.312. The molecule has 4 heteroatoms. The van der Waals surface area contributed by atoms with E-state index in [-0.39, 0.29) is 0 Å². The fourth-order valence-corrected chi connectivity index (χ4v) is 1.88. The summed E-state index contributed by atoms with van der Waals surface area (Å²) in [7, 11) is 0. The molecule has 20 heavy (non-hydrogen) atoms. The SMILES string of the molecule is CCCOC(=O)NCCOc1cccc2ccccc12. The lowest BCUT2D eigenvalue weighted by Crippen LogP contribution is -2.28. The summed E-state index contributed by atoms with van der Waals surface area (Å²) in [4.78, 5) is 11.2. The van der Waals surface area contributed by atoms with Crippen LogP contribution >= 0.6 is 0 Å². The third-order valence-electron chi connectivity index (χ3n) is 2.82. The zero-order valence-corrected chi connectivity index (χ0v) is 11.6. The highest BCUT2D eigenvalue weighted by Crippen LogP contribution is 2.24. The number of nitrogens with one attached hydrogen (secondary N) is 1. The Morgan fingerprint density at radius 3 is 2.75 bits per heavy atom. The lowest BCUT2D eigenvalue weighted by Gasteiger charge is -2.10. The van der Waals surface area contributed by atoms with E-state index < -0.39 is 6.09 Å². The quantitative estimate of drug-likeness (QED) is 0.821. The lowest BCUT2D eigenvalue weighted by molar-refractivity contribution is 0.144. The molecular formula is C16H19NO3. The van der Waals surface area contributed by atoms with Crippen LogP contribution in [0.1, 0.15) is 13.3 Å². The molecule has 4 nitrogen and oxygen atoms in total. The maximum Gasteiger partial charge on any atom is 0.407 e. The van der Waals surface area contributed by atoms with Gasteiger partial charge in [0.2, 0.25) is 0 Å². The average molecular weight is 273 g/mol. The molecule has 0 saturated carbocycles. The molecule has 2 rings (SSSR count). The predicted molar refractivity (Wildman–Crippen MR) is 79.1 cm³/mol. The zero-order valence-electron chi connectivity index (χ0n) is 11.6. The minimum atomic E-state index is -0.395. The van der Waals surface area contributed by atoms with Gasteiger partial charge in [-0.25, -0.2) is 4.79 Å². The first kappa shape index (κ1) is 14.2. The number of ether oxygens (including phenoxy) is 2. The summed E-state index contributed by atoms with van der Waals surface area (Å²) in [6, 6.07) is 14.0.